The maximum absolute atomic E-state index is 6.09. The molecular formula is C15H21NO. The van der Waals surface area contributed by atoms with Crippen molar-refractivity contribution in [3.63, 3.8) is 0 Å². The third kappa shape index (κ3) is 2.89. The van der Waals surface area contributed by atoms with Crippen LogP contribution >= 0.6 is 0 Å². The molecule has 0 fully saturated rings. The second kappa shape index (κ2) is 4.53. The lowest BCUT2D eigenvalue weighted by Crippen LogP contribution is -2.30. The highest BCUT2D eigenvalue weighted by atomic mass is 16.5. The van der Waals surface area contributed by atoms with Crippen molar-refractivity contribution in [2.45, 2.75) is 32.7 Å². The van der Waals surface area contributed by atoms with E-state index in [1.165, 1.54) is 11.1 Å². The van der Waals surface area contributed by atoms with E-state index < -0.39 is 0 Å². The molecule has 2 nitrogen and oxygen atoms in total. The van der Waals surface area contributed by atoms with Crippen LogP contribution in [0.5, 0.6) is 5.75 Å². The average Bonchev–Trinajstić information content (AvgIpc) is 2.26. The van der Waals surface area contributed by atoms with Crippen LogP contribution in [0, 0.1) is 5.41 Å². The molecule has 2 N–H and O–H groups in total. The van der Waals surface area contributed by atoms with E-state index in [1.54, 1.807) is 7.11 Å². The zero-order valence-electron chi connectivity index (χ0n) is 10.9. The molecule has 1 unspecified atom stereocenters. The van der Waals surface area contributed by atoms with Crippen LogP contribution in [0.1, 0.15) is 32.3 Å². The summed E-state index contributed by atoms with van der Waals surface area (Å²) in [6.07, 6.45) is 4.35. The van der Waals surface area contributed by atoms with Crippen LogP contribution in [0.25, 0.3) is 5.57 Å². The SMILES string of the molecule is COc1ccc(C2=CC(N)CC(C)(C)C2)cc1. The van der Waals surface area contributed by atoms with Crippen molar-refractivity contribution in [2.24, 2.45) is 11.1 Å². The molecule has 1 aliphatic rings. The van der Waals surface area contributed by atoms with Crippen molar-refractivity contribution in [2.75, 3.05) is 7.11 Å². The van der Waals surface area contributed by atoms with Crippen molar-refractivity contribution < 1.29 is 4.74 Å². The van der Waals surface area contributed by atoms with Gasteiger partial charge >= 0.3 is 0 Å². The quantitative estimate of drug-likeness (QED) is 0.848. The van der Waals surface area contributed by atoms with E-state index in [4.69, 9.17) is 10.5 Å². The van der Waals surface area contributed by atoms with Crippen molar-refractivity contribution in [3.8, 4) is 5.75 Å². The van der Waals surface area contributed by atoms with Crippen LogP contribution in [0.15, 0.2) is 30.3 Å². The minimum Gasteiger partial charge on any atom is -0.497 e. The van der Waals surface area contributed by atoms with Gasteiger partial charge in [-0.25, -0.2) is 0 Å². The van der Waals surface area contributed by atoms with Crippen LogP contribution in [-0.2, 0) is 0 Å². The molecule has 17 heavy (non-hydrogen) atoms. The first-order valence-corrected chi connectivity index (χ1v) is 6.11. The van der Waals surface area contributed by atoms with Crippen LogP contribution < -0.4 is 10.5 Å². The average molecular weight is 231 g/mol. The molecule has 1 aromatic carbocycles. The lowest BCUT2D eigenvalue weighted by atomic mass is 9.74. The molecule has 0 aromatic heterocycles. The topological polar surface area (TPSA) is 35.2 Å². The smallest absolute Gasteiger partial charge is 0.118 e. The Hall–Kier alpha value is -1.28. The number of allylic oxidation sites excluding steroid dienone is 1. The van der Waals surface area contributed by atoms with Gasteiger partial charge in [-0.15, -0.1) is 0 Å². The van der Waals surface area contributed by atoms with Gasteiger partial charge in [-0.05, 0) is 41.5 Å². The summed E-state index contributed by atoms with van der Waals surface area (Å²) in [6.45, 7) is 4.56. The van der Waals surface area contributed by atoms with Gasteiger partial charge in [0.05, 0.1) is 7.11 Å². The highest BCUT2D eigenvalue weighted by Crippen LogP contribution is 2.39. The van der Waals surface area contributed by atoms with Gasteiger partial charge < -0.3 is 10.5 Å². The number of benzene rings is 1. The second-order valence-electron chi connectivity index (χ2n) is 5.63. The summed E-state index contributed by atoms with van der Waals surface area (Å²) >= 11 is 0. The summed E-state index contributed by atoms with van der Waals surface area (Å²) in [7, 11) is 1.69. The Labute approximate surface area is 103 Å². The molecule has 0 aliphatic heterocycles. The van der Waals surface area contributed by atoms with Crippen molar-refractivity contribution in [1.29, 1.82) is 0 Å². The third-order valence-corrected chi connectivity index (χ3v) is 3.33. The molecule has 0 heterocycles. The summed E-state index contributed by atoms with van der Waals surface area (Å²) in [5.74, 6) is 0.897. The molecule has 2 rings (SSSR count). The maximum Gasteiger partial charge on any atom is 0.118 e. The third-order valence-electron chi connectivity index (χ3n) is 3.33. The maximum atomic E-state index is 6.09. The number of hydrogen-bond acceptors (Lipinski definition) is 2. The Morgan fingerprint density at radius 2 is 1.88 bits per heavy atom. The van der Waals surface area contributed by atoms with Gasteiger partial charge in [0.15, 0.2) is 0 Å². The van der Waals surface area contributed by atoms with Crippen LogP contribution in [0.3, 0.4) is 0 Å². The Morgan fingerprint density at radius 1 is 1.24 bits per heavy atom. The summed E-state index contributed by atoms with van der Waals surface area (Å²) in [5.41, 5.74) is 9.00. The predicted molar refractivity (Wildman–Crippen MR) is 72.0 cm³/mol. The Balaban J connectivity index is 2.26. The summed E-state index contributed by atoms with van der Waals surface area (Å²) in [4.78, 5) is 0. The van der Waals surface area contributed by atoms with E-state index in [0.717, 1.165) is 18.6 Å². The molecule has 0 amide bonds. The number of hydrogen-bond donors (Lipinski definition) is 1. The first kappa shape index (κ1) is 12.2. The lowest BCUT2D eigenvalue weighted by Gasteiger charge is -2.33. The normalized spacial score (nSPS) is 23.1. The molecule has 2 heteroatoms. The van der Waals surface area contributed by atoms with Gasteiger partial charge in [-0.1, -0.05) is 32.1 Å². The number of rotatable bonds is 2. The number of nitrogens with two attached hydrogens (primary N) is 1. The monoisotopic (exact) mass is 231 g/mol. The molecule has 0 radical (unpaired) electrons. The molecule has 0 bridgehead atoms. The first-order valence-electron chi connectivity index (χ1n) is 6.11. The molecule has 1 aromatic rings. The summed E-state index contributed by atoms with van der Waals surface area (Å²) in [6, 6.07) is 8.40. The fourth-order valence-electron chi connectivity index (χ4n) is 2.61. The zero-order chi connectivity index (χ0) is 12.5. The fourth-order valence-corrected chi connectivity index (χ4v) is 2.61. The standard InChI is InChI=1S/C15H21NO/c1-15(2)9-12(8-13(16)10-15)11-4-6-14(17-3)7-5-11/h4-8,13H,9-10,16H2,1-3H3. The van der Waals surface area contributed by atoms with E-state index in [1.807, 2.05) is 12.1 Å². The highest BCUT2D eigenvalue weighted by Gasteiger charge is 2.27. The minimum absolute atomic E-state index is 0.177. The Bertz CT molecular complexity index is 417. The summed E-state index contributed by atoms with van der Waals surface area (Å²) < 4.78 is 5.17. The van der Waals surface area contributed by atoms with E-state index >= 15 is 0 Å². The van der Waals surface area contributed by atoms with E-state index in [-0.39, 0.29) is 6.04 Å². The molecular weight excluding hydrogens is 210 g/mol. The molecule has 0 spiro atoms. The molecule has 92 valence electrons. The van der Waals surface area contributed by atoms with Gasteiger partial charge in [0, 0.05) is 6.04 Å². The Kier molecular flexibility index (Phi) is 3.25. The molecule has 0 saturated carbocycles. The van der Waals surface area contributed by atoms with Crippen molar-refractivity contribution >= 4 is 5.57 Å². The first-order chi connectivity index (χ1) is 8.00. The number of methoxy groups -OCH3 is 1. The van der Waals surface area contributed by atoms with Gasteiger partial charge in [0.1, 0.15) is 5.75 Å². The zero-order valence-corrected chi connectivity index (χ0v) is 10.9. The summed E-state index contributed by atoms with van der Waals surface area (Å²) in [5, 5.41) is 0. The van der Waals surface area contributed by atoms with Crippen molar-refractivity contribution in [1.82, 2.24) is 0 Å². The molecule has 1 atom stereocenters. The van der Waals surface area contributed by atoms with Gasteiger partial charge in [0.2, 0.25) is 0 Å². The van der Waals surface area contributed by atoms with Gasteiger partial charge in [-0.2, -0.15) is 0 Å². The largest absolute Gasteiger partial charge is 0.497 e. The minimum atomic E-state index is 0.177. The van der Waals surface area contributed by atoms with E-state index in [9.17, 15) is 0 Å². The van der Waals surface area contributed by atoms with Crippen LogP contribution in [0.2, 0.25) is 0 Å². The lowest BCUT2D eigenvalue weighted by molar-refractivity contribution is 0.318. The number of ether oxygens (including phenoxy) is 1. The fraction of sp³-hybridized carbons (Fsp3) is 0.467. The van der Waals surface area contributed by atoms with E-state index in [2.05, 4.69) is 32.1 Å². The molecule has 1 aliphatic carbocycles. The van der Waals surface area contributed by atoms with Crippen LogP contribution in [0.4, 0.5) is 0 Å². The van der Waals surface area contributed by atoms with Crippen LogP contribution in [-0.4, -0.2) is 13.2 Å². The molecule has 0 saturated heterocycles. The van der Waals surface area contributed by atoms with Gasteiger partial charge in [-0.3, -0.25) is 0 Å². The highest BCUT2D eigenvalue weighted by molar-refractivity contribution is 5.68. The van der Waals surface area contributed by atoms with E-state index in [0.29, 0.717) is 5.41 Å². The predicted octanol–water partition coefficient (Wildman–Crippen LogP) is 3.23. The van der Waals surface area contributed by atoms with Crippen molar-refractivity contribution in [3.05, 3.63) is 35.9 Å². The van der Waals surface area contributed by atoms with Gasteiger partial charge in [0.25, 0.3) is 0 Å². The second-order valence-corrected chi connectivity index (χ2v) is 5.63. The Morgan fingerprint density at radius 3 is 2.41 bits per heavy atom.